The molecule has 0 radical (unpaired) electrons. The van der Waals surface area contributed by atoms with Crippen LogP contribution in [0.3, 0.4) is 0 Å². The van der Waals surface area contributed by atoms with Gasteiger partial charge < -0.3 is 5.32 Å². The van der Waals surface area contributed by atoms with Crippen LogP contribution in [0.15, 0.2) is 90.1 Å². The third kappa shape index (κ3) is 5.49. The second-order valence-electron chi connectivity index (χ2n) is 7.76. The van der Waals surface area contributed by atoms with E-state index in [1.165, 1.54) is 17.8 Å². The molecule has 0 bridgehead atoms. The van der Waals surface area contributed by atoms with Crippen molar-refractivity contribution in [1.29, 1.82) is 0 Å². The van der Waals surface area contributed by atoms with Gasteiger partial charge >= 0.3 is 0 Å². The van der Waals surface area contributed by atoms with Gasteiger partial charge in [-0.25, -0.2) is 4.39 Å². The highest BCUT2D eigenvalue weighted by Gasteiger charge is 2.23. The molecule has 0 aliphatic heterocycles. The van der Waals surface area contributed by atoms with Crippen molar-refractivity contribution in [2.75, 3.05) is 0 Å². The van der Waals surface area contributed by atoms with E-state index in [1.54, 1.807) is 18.2 Å². The maximum absolute atomic E-state index is 14.5. The Labute approximate surface area is 197 Å². The number of hydrogen-bond acceptors (Lipinski definition) is 4. The standard InChI is InChI=1S/C26H25FN4OS/c1-18(21-13-7-4-8-14-21)28-25(32)19(2)33-26-30-29-24(22-15-9-10-16-23(22)27)31(26)17-20-11-5-3-6-12-20/h3-16,18-19H,17H2,1-2H3,(H,28,32). The van der Waals surface area contributed by atoms with E-state index in [0.29, 0.717) is 23.1 Å². The van der Waals surface area contributed by atoms with Crippen LogP contribution in [0.1, 0.15) is 31.0 Å². The summed E-state index contributed by atoms with van der Waals surface area (Å²) >= 11 is 1.31. The summed E-state index contributed by atoms with van der Waals surface area (Å²) in [7, 11) is 0. The molecule has 1 heterocycles. The number of carbonyl (C=O) groups excluding carboxylic acids is 1. The van der Waals surface area contributed by atoms with Gasteiger partial charge in [0.2, 0.25) is 5.91 Å². The highest BCUT2D eigenvalue weighted by molar-refractivity contribution is 8.00. The lowest BCUT2D eigenvalue weighted by Crippen LogP contribution is -2.33. The molecule has 0 fully saturated rings. The van der Waals surface area contributed by atoms with Crippen molar-refractivity contribution < 1.29 is 9.18 Å². The second kappa shape index (κ2) is 10.4. The van der Waals surface area contributed by atoms with E-state index >= 15 is 0 Å². The van der Waals surface area contributed by atoms with Crippen molar-refractivity contribution in [1.82, 2.24) is 20.1 Å². The van der Waals surface area contributed by atoms with Gasteiger partial charge in [0.25, 0.3) is 0 Å². The van der Waals surface area contributed by atoms with Crippen LogP contribution in [-0.4, -0.2) is 25.9 Å². The number of thioether (sulfide) groups is 1. The third-order valence-corrected chi connectivity index (χ3v) is 6.41. The van der Waals surface area contributed by atoms with Gasteiger partial charge in [-0.05, 0) is 37.1 Å². The molecule has 0 aliphatic rings. The zero-order valence-corrected chi connectivity index (χ0v) is 19.3. The van der Waals surface area contributed by atoms with Gasteiger partial charge in [-0.1, -0.05) is 84.6 Å². The number of hydrogen-bond donors (Lipinski definition) is 1. The normalized spacial score (nSPS) is 12.8. The fourth-order valence-corrected chi connectivity index (χ4v) is 4.35. The summed E-state index contributed by atoms with van der Waals surface area (Å²) in [5, 5.41) is 11.8. The fourth-order valence-electron chi connectivity index (χ4n) is 3.49. The molecule has 1 amide bonds. The lowest BCUT2D eigenvalue weighted by Gasteiger charge is -2.18. The monoisotopic (exact) mass is 460 g/mol. The highest BCUT2D eigenvalue weighted by Crippen LogP contribution is 2.29. The molecule has 1 aromatic heterocycles. The Morgan fingerprint density at radius 3 is 2.27 bits per heavy atom. The number of halogens is 1. The first-order chi connectivity index (χ1) is 16.0. The summed E-state index contributed by atoms with van der Waals surface area (Å²) in [5.41, 5.74) is 2.45. The maximum Gasteiger partial charge on any atom is 0.233 e. The third-order valence-electron chi connectivity index (χ3n) is 5.32. The Bertz CT molecular complexity index is 1210. The molecule has 0 saturated carbocycles. The first-order valence-electron chi connectivity index (χ1n) is 10.8. The van der Waals surface area contributed by atoms with Gasteiger partial charge in [-0.2, -0.15) is 0 Å². The molecule has 0 saturated heterocycles. The van der Waals surface area contributed by atoms with Gasteiger partial charge in [0.1, 0.15) is 5.82 Å². The fraction of sp³-hybridized carbons (Fsp3) is 0.192. The Morgan fingerprint density at radius 2 is 1.58 bits per heavy atom. The first kappa shape index (κ1) is 22.7. The van der Waals surface area contributed by atoms with Crippen LogP contribution >= 0.6 is 11.8 Å². The molecule has 2 atom stereocenters. The molecule has 5 nitrogen and oxygen atoms in total. The van der Waals surface area contributed by atoms with Crippen LogP contribution in [0.25, 0.3) is 11.4 Å². The van der Waals surface area contributed by atoms with E-state index in [0.717, 1.165) is 11.1 Å². The largest absolute Gasteiger partial charge is 0.349 e. The average molecular weight is 461 g/mol. The molecule has 0 spiro atoms. The zero-order valence-electron chi connectivity index (χ0n) is 18.5. The average Bonchev–Trinajstić information content (AvgIpc) is 3.22. The van der Waals surface area contributed by atoms with E-state index in [2.05, 4.69) is 15.5 Å². The zero-order chi connectivity index (χ0) is 23.2. The van der Waals surface area contributed by atoms with Crippen molar-refractivity contribution in [2.45, 2.75) is 36.8 Å². The van der Waals surface area contributed by atoms with E-state index in [4.69, 9.17) is 0 Å². The number of amides is 1. The number of nitrogens with zero attached hydrogens (tertiary/aromatic N) is 3. The summed E-state index contributed by atoms with van der Waals surface area (Å²) in [6.07, 6.45) is 0. The molecule has 2 unspecified atom stereocenters. The van der Waals surface area contributed by atoms with Crippen LogP contribution < -0.4 is 5.32 Å². The van der Waals surface area contributed by atoms with Crippen LogP contribution in [0.2, 0.25) is 0 Å². The maximum atomic E-state index is 14.5. The Morgan fingerprint density at radius 1 is 0.939 bits per heavy atom. The minimum Gasteiger partial charge on any atom is -0.349 e. The summed E-state index contributed by atoms with van der Waals surface area (Å²) in [6, 6.07) is 26.1. The molecule has 7 heteroatoms. The topological polar surface area (TPSA) is 59.8 Å². The van der Waals surface area contributed by atoms with E-state index in [9.17, 15) is 9.18 Å². The van der Waals surface area contributed by atoms with E-state index < -0.39 is 5.25 Å². The molecule has 3 aromatic carbocycles. The molecule has 4 rings (SSSR count). The smallest absolute Gasteiger partial charge is 0.233 e. The molecular formula is C26H25FN4OS. The molecule has 4 aromatic rings. The minimum absolute atomic E-state index is 0.0990. The van der Waals surface area contributed by atoms with Gasteiger partial charge in [0.15, 0.2) is 11.0 Å². The van der Waals surface area contributed by atoms with Crippen LogP contribution in [0.4, 0.5) is 4.39 Å². The van der Waals surface area contributed by atoms with Crippen LogP contribution in [-0.2, 0) is 11.3 Å². The lowest BCUT2D eigenvalue weighted by atomic mass is 10.1. The number of aromatic nitrogens is 3. The van der Waals surface area contributed by atoms with Gasteiger partial charge in [-0.3, -0.25) is 9.36 Å². The first-order valence-corrected chi connectivity index (χ1v) is 11.6. The predicted octanol–water partition coefficient (Wildman–Crippen LogP) is 5.49. The van der Waals surface area contributed by atoms with Crippen molar-refractivity contribution in [3.05, 3.63) is 102 Å². The molecule has 1 N–H and O–H groups in total. The summed E-state index contributed by atoms with van der Waals surface area (Å²) in [5.74, 6) is -0.0268. The van der Waals surface area contributed by atoms with E-state index in [1.807, 2.05) is 79.1 Å². The van der Waals surface area contributed by atoms with Crippen LogP contribution in [0, 0.1) is 5.82 Å². The number of carbonyl (C=O) groups is 1. The predicted molar refractivity (Wildman–Crippen MR) is 129 cm³/mol. The van der Waals surface area contributed by atoms with E-state index in [-0.39, 0.29) is 17.8 Å². The number of rotatable bonds is 8. The summed E-state index contributed by atoms with van der Waals surface area (Å²) in [4.78, 5) is 12.9. The Balaban J connectivity index is 1.57. The van der Waals surface area contributed by atoms with Crippen molar-refractivity contribution in [3.63, 3.8) is 0 Å². The quantitative estimate of drug-likeness (QED) is 0.353. The van der Waals surface area contributed by atoms with Crippen molar-refractivity contribution in [2.24, 2.45) is 0 Å². The molecule has 0 aliphatic carbocycles. The van der Waals surface area contributed by atoms with Gasteiger partial charge in [-0.15, -0.1) is 10.2 Å². The Kier molecular flexibility index (Phi) is 7.19. The van der Waals surface area contributed by atoms with Gasteiger partial charge in [0, 0.05) is 0 Å². The summed E-state index contributed by atoms with van der Waals surface area (Å²) < 4.78 is 16.4. The molecule has 168 valence electrons. The van der Waals surface area contributed by atoms with Crippen molar-refractivity contribution >= 4 is 17.7 Å². The SMILES string of the molecule is CC(Sc1nnc(-c2ccccc2F)n1Cc1ccccc1)C(=O)NC(C)c1ccccc1. The molecular weight excluding hydrogens is 435 g/mol. The summed E-state index contributed by atoms with van der Waals surface area (Å²) in [6.45, 7) is 4.26. The number of benzene rings is 3. The van der Waals surface area contributed by atoms with Crippen LogP contribution in [0.5, 0.6) is 0 Å². The highest BCUT2D eigenvalue weighted by atomic mass is 32.2. The lowest BCUT2D eigenvalue weighted by molar-refractivity contribution is -0.120. The van der Waals surface area contributed by atoms with Crippen molar-refractivity contribution in [3.8, 4) is 11.4 Å². The molecule has 33 heavy (non-hydrogen) atoms. The number of nitrogens with one attached hydrogen (secondary N) is 1. The second-order valence-corrected chi connectivity index (χ2v) is 9.07. The minimum atomic E-state index is -0.414. The van der Waals surface area contributed by atoms with Gasteiger partial charge in [0.05, 0.1) is 23.4 Å². The Hall–Kier alpha value is -3.45.